The summed E-state index contributed by atoms with van der Waals surface area (Å²) in [6.07, 6.45) is 1.65. The molecule has 31 heavy (non-hydrogen) atoms. The average molecular weight is 440 g/mol. The minimum atomic E-state index is -0.569. The van der Waals surface area contributed by atoms with Crippen LogP contribution in [0.4, 0.5) is 11.4 Å². The second-order valence-electron chi connectivity index (χ2n) is 6.90. The Bertz CT molecular complexity index is 1020. The molecule has 1 fully saturated rings. The second-order valence-corrected chi connectivity index (χ2v) is 8.07. The normalized spacial score (nSPS) is 17.0. The molecular weight excluding hydrogens is 414 g/mol. The number of amidine groups is 1. The second kappa shape index (κ2) is 10.2. The molecule has 1 N–H and O–H groups in total. The third kappa shape index (κ3) is 5.46. The largest absolute Gasteiger partial charge is 0.497 e. The van der Waals surface area contributed by atoms with Crippen LogP contribution >= 0.6 is 11.8 Å². The summed E-state index contributed by atoms with van der Waals surface area (Å²) in [7, 11) is 3.07. The number of aryl methyl sites for hydroxylation is 1. The zero-order valence-corrected chi connectivity index (χ0v) is 18.6. The number of thioether (sulfide) groups is 1. The number of aliphatic imine (C=N–C) groups is 1. The Balaban J connectivity index is 1.76. The van der Waals surface area contributed by atoms with Crippen molar-refractivity contribution in [2.75, 3.05) is 26.1 Å². The monoisotopic (exact) mass is 439 g/mol. The van der Waals surface area contributed by atoms with E-state index in [-0.39, 0.29) is 18.2 Å². The van der Waals surface area contributed by atoms with Crippen molar-refractivity contribution in [3.8, 4) is 11.5 Å². The molecule has 0 radical (unpaired) electrons. The van der Waals surface area contributed by atoms with Crippen molar-refractivity contribution < 1.29 is 19.1 Å². The van der Waals surface area contributed by atoms with E-state index in [9.17, 15) is 9.59 Å². The Morgan fingerprint density at radius 2 is 2.06 bits per heavy atom. The van der Waals surface area contributed by atoms with Gasteiger partial charge in [-0.05, 0) is 36.8 Å². The zero-order chi connectivity index (χ0) is 22.4. The van der Waals surface area contributed by atoms with Gasteiger partial charge in [-0.3, -0.25) is 14.5 Å². The highest BCUT2D eigenvalue weighted by Crippen LogP contribution is 2.33. The smallest absolute Gasteiger partial charge is 0.242 e. The van der Waals surface area contributed by atoms with Gasteiger partial charge in [-0.15, -0.1) is 6.58 Å². The molecule has 0 spiro atoms. The number of carbonyl (C=O) groups is 2. The molecule has 1 aliphatic heterocycles. The maximum atomic E-state index is 12.9. The Kier molecular flexibility index (Phi) is 7.36. The van der Waals surface area contributed by atoms with E-state index in [1.165, 1.54) is 18.9 Å². The van der Waals surface area contributed by atoms with Gasteiger partial charge in [0.2, 0.25) is 11.8 Å². The Hall–Kier alpha value is -3.26. The molecule has 0 bridgehead atoms. The van der Waals surface area contributed by atoms with Crippen molar-refractivity contribution in [1.82, 2.24) is 4.90 Å². The lowest BCUT2D eigenvalue weighted by atomic mass is 10.2. The van der Waals surface area contributed by atoms with Gasteiger partial charge in [-0.2, -0.15) is 0 Å². The summed E-state index contributed by atoms with van der Waals surface area (Å²) in [6, 6.07) is 12.9. The van der Waals surface area contributed by atoms with Crippen LogP contribution in [0.25, 0.3) is 0 Å². The first-order valence-corrected chi connectivity index (χ1v) is 10.6. The van der Waals surface area contributed by atoms with Crippen LogP contribution in [0.1, 0.15) is 12.0 Å². The minimum absolute atomic E-state index is 0.00431. The molecule has 8 heteroatoms. The number of benzene rings is 2. The Morgan fingerprint density at radius 3 is 2.74 bits per heavy atom. The van der Waals surface area contributed by atoms with Crippen molar-refractivity contribution in [1.29, 1.82) is 0 Å². The predicted molar refractivity (Wildman–Crippen MR) is 124 cm³/mol. The zero-order valence-electron chi connectivity index (χ0n) is 17.8. The molecule has 1 saturated heterocycles. The number of rotatable bonds is 8. The highest BCUT2D eigenvalue weighted by atomic mass is 32.2. The van der Waals surface area contributed by atoms with Crippen LogP contribution in [0.15, 0.2) is 60.1 Å². The third-order valence-electron chi connectivity index (χ3n) is 4.61. The van der Waals surface area contributed by atoms with Crippen LogP contribution in [-0.4, -0.2) is 47.9 Å². The van der Waals surface area contributed by atoms with Crippen molar-refractivity contribution in [3.05, 3.63) is 60.7 Å². The van der Waals surface area contributed by atoms with Gasteiger partial charge in [0.25, 0.3) is 0 Å². The summed E-state index contributed by atoms with van der Waals surface area (Å²) in [4.78, 5) is 31.8. The average Bonchev–Trinajstić information content (AvgIpc) is 3.02. The molecule has 0 saturated carbocycles. The minimum Gasteiger partial charge on any atom is -0.497 e. The van der Waals surface area contributed by atoms with E-state index in [1.54, 1.807) is 36.3 Å². The SMILES string of the molecule is C=CCN1C(=O)[C@@H](CC(=O)Nc2cc(OC)ccc2OC)SC1=Nc1cccc(C)c1. The van der Waals surface area contributed by atoms with E-state index >= 15 is 0 Å². The van der Waals surface area contributed by atoms with E-state index in [0.29, 0.717) is 28.9 Å². The van der Waals surface area contributed by atoms with Gasteiger partial charge in [-0.25, -0.2) is 4.99 Å². The van der Waals surface area contributed by atoms with Crippen LogP contribution < -0.4 is 14.8 Å². The fraction of sp³-hybridized carbons (Fsp3) is 0.261. The van der Waals surface area contributed by atoms with Crippen LogP contribution in [0.3, 0.4) is 0 Å². The molecule has 1 aliphatic rings. The van der Waals surface area contributed by atoms with E-state index in [2.05, 4.69) is 16.9 Å². The van der Waals surface area contributed by atoms with Crippen molar-refractivity contribution in [2.24, 2.45) is 4.99 Å². The van der Waals surface area contributed by atoms with Crippen molar-refractivity contribution >= 4 is 40.1 Å². The Labute approximate surface area is 186 Å². The lowest BCUT2D eigenvalue weighted by molar-refractivity contribution is -0.127. The first-order chi connectivity index (χ1) is 14.9. The standard InChI is InChI=1S/C23H25N3O4S/c1-5-11-26-22(28)20(31-23(26)24-16-8-6-7-15(2)12-16)14-21(27)25-18-13-17(29-3)9-10-19(18)30-4/h5-10,12-13,20H,1,11,14H2,2-4H3,(H,25,27)/t20-/m1/s1. The number of carbonyl (C=O) groups excluding carboxylic acids is 2. The molecule has 0 unspecified atom stereocenters. The molecule has 0 aliphatic carbocycles. The summed E-state index contributed by atoms with van der Waals surface area (Å²) in [5, 5.41) is 2.81. The van der Waals surface area contributed by atoms with Crippen LogP contribution in [0.5, 0.6) is 11.5 Å². The molecule has 162 valence electrons. The van der Waals surface area contributed by atoms with Gasteiger partial charge >= 0.3 is 0 Å². The maximum absolute atomic E-state index is 12.9. The van der Waals surface area contributed by atoms with Crippen LogP contribution in [-0.2, 0) is 9.59 Å². The number of nitrogens with zero attached hydrogens (tertiary/aromatic N) is 2. The summed E-state index contributed by atoms with van der Waals surface area (Å²) in [5.74, 6) is 0.638. The molecule has 3 rings (SSSR count). The van der Waals surface area contributed by atoms with E-state index in [1.807, 2.05) is 31.2 Å². The van der Waals surface area contributed by atoms with E-state index in [0.717, 1.165) is 11.3 Å². The maximum Gasteiger partial charge on any atom is 0.242 e. The highest BCUT2D eigenvalue weighted by Gasteiger charge is 2.38. The molecule has 1 atom stereocenters. The number of nitrogens with one attached hydrogen (secondary N) is 1. The topological polar surface area (TPSA) is 80.2 Å². The number of anilines is 1. The summed E-state index contributed by atoms with van der Waals surface area (Å²) in [5.41, 5.74) is 2.32. The fourth-order valence-corrected chi connectivity index (χ4v) is 4.28. The van der Waals surface area contributed by atoms with Crippen LogP contribution in [0, 0.1) is 6.92 Å². The molecule has 1 heterocycles. The predicted octanol–water partition coefficient (Wildman–Crippen LogP) is 4.16. The molecule has 0 aromatic heterocycles. The molecule has 2 aromatic rings. The number of hydrogen-bond acceptors (Lipinski definition) is 6. The lowest BCUT2D eigenvalue weighted by Gasteiger charge is -2.14. The van der Waals surface area contributed by atoms with Gasteiger partial charge in [0.1, 0.15) is 16.7 Å². The van der Waals surface area contributed by atoms with Crippen LogP contribution in [0.2, 0.25) is 0 Å². The number of methoxy groups -OCH3 is 2. The number of hydrogen-bond donors (Lipinski definition) is 1. The van der Waals surface area contributed by atoms with Gasteiger partial charge in [-0.1, -0.05) is 30.0 Å². The lowest BCUT2D eigenvalue weighted by Crippen LogP contribution is -2.33. The van der Waals surface area contributed by atoms with E-state index in [4.69, 9.17) is 9.47 Å². The quantitative estimate of drug-likeness (QED) is 0.625. The third-order valence-corrected chi connectivity index (χ3v) is 5.78. The molecule has 7 nitrogen and oxygen atoms in total. The van der Waals surface area contributed by atoms with Gasteiger partial charge in [0, 0.05) is 19.0 Å². The van der Waals surface area contributed by atoms with Gasteiger partial charge in [0.15, 0.2) is 5.17 Å². The first kappa shape index (κ1) is 22.4. The molecule has 2 amide bonds. The summed E-state index contributed by atoms with van der Waals surface area (Å²) >= 11 is 1.29. The highest BCUT2D eigenvalue weighted by molar-refractivity contribution is 8.15. The fourth-order valence-electron chi connectivity index (χ4n) is 3.11. The number of ether oxygens (including phenoxy) is 2. The van der Waals surface area contributed by atoms with Crippen molar-refractivity contribution in [2.45, 2.75) is 18.6 Å². The summed E-state index contributed by atoms with van der Waals surface area (Å²) in [6.45, 7) is 6.04. The van der Waals surface area contributed by atoms with E-state index < -0.39 is 5.25 Å². The molecular formula is C23H25N3O4S. The molecule has 2 aromatic carbocycles. The Morgan fingerprint density at radius 1 is 1.26 bits per heavy atom. The summed E-state index contributed by atoms with van der Waals surface area (Å²) < 4.78 is 10.5. The van der Waals surface area contributed by atoms with Crippen molar-refractivity contribution in [3.63, 3.8) is 0 Å². The first-order valence-electron chi connectivity index (χ1n) is 9.71. The number of amides is 2. The van der Waals surface area contributed by atoms with Gasteiger partial charge in [0.05, 0.1) is 25.6 Å². The van der Waals surface area contributed by atoms with Gasteiger partial charge < -0.3 is 14.8 Å².